The van der Waals surface area contributed by atoms with Gasteiger partial charge in [0.2, 0.25) is 5.91 Å². The van der Waals surface area contributed by atoms with Gasteiger partial charge in [-0.05, 0) is 80.3 Å². The lowest BCUT2D eigenvalue weighted by molar-refractivity contribution is -0.116. The van der Waals surface area contributed by atoms with E-state index in [4.69, 9.17) is 0 Å². The predicted molar refractivity (Wildman–Crippen MR) is 128 cm³/mol. The summed E-state index contributed by atoms with van der Waals surface area (Å²) in [7, 11) is 0. The normalized spacial score (nSPS) is 11.0. The van der Waals surface area contributed by atoms with E-state index in [1.165, 1.54) is 4.57 Å². The van der Waals surface area contributed by atoms with Crippen LogP contribution in [0.15, 0.2) is 70.3 Å². The second-order valence-corrected chi connectivity index (χ2v) is 8.24. The van der Waals surface area contributed by atoms with Gasteiger partial charge in [0.05, 0.1) is 16.6 Å². The first-order chi connectivity index (χ1) is 15.2. The number of nitrogens with one attached hydrogen (secondary N) is 1. The van der Waals surface area contributed by atoms with Crippen LogP contribution < -0.4 is 16.6 Å². The summed E-state index contributed by atoms with van der Waals surface area (Å²) in [6, 6.07) is 18.2. The van der Waals surface area contributed by atoms with Crippen LogP contribution in [0.5, 0.6) is 0 Å². The van der Waals surface area contributed by atoms with Crippen LogP contribution in [0.2, 0.25) is 0 Å². The van der Waals surface area contributed by atoms with Crippen molar-refractivity contribution in [3.8, 4) is 5.69 Å². The van der Waals surface area contributed by atoms with Crippen molar-refractivity contribution in [2.24, 2.45) is 0 Å². The molecule has 162 valence electrons. The molecule has 0 spiro atoms. The molecule has 32 heavy (non-hydrogen) atoms. The number of aromatic nitrogens is 2. The van der Waals surface area contributed by atoms with E-state index < -0.39 is 11.2 Å². The van der Waals surface area contributed by atoms with E-state index in [9.17, 15) is 14.4 Å². The van der Waals surface area contributed by atoms with Gasteiger partial charge in [0.1, 0.15) is 6.54 Å². The van der Waals surface area contributed by atoms with E-state index in [0.29, 0.717) is 22.3 Å². The summed E-state index contributed by atoms with van der Waals surface area (Å²) in [6.07, 6.45) is 0. The van der Waals surface area contributed by atoms with Gasteiger partial charge in [-0.2, -0.15) is 0 Å². The van der Waals surface area contributed by atoms with Crippen molar-refractivity contribution in [3.05, 3.63) is 104 Å². The van der Waals surface area contributed by atoms with Crippen LogP contribution in [0.1, 0.15) is 22.3 Å². The molecule has 0 aliphatic rings. The van der Waals surface area contributed by atoms with Crippen molar-refractivity contribution in [3.63, 3.8) is 0 Å². The highest BCUT2D eigenvalue weighted by molar-refractivity contribution is 5.92. The Morgan fingerprint density at radius 1 is 0.844 bits per heavy atom. The third-order valence-corrected chi connectivity index (χ3v) is 5.48. The summed E-state index contributed by atoms with van der Waals surface area (Å²) < 4.78 is 2.50. The molecule has 0 saturated carbocycles. The topological polar surface area (TPSA) is 73.1 Å². The van der Waals surface area contributed by atoms with Crippen LogP contribution in [0.4, 0.5) is 5.69 Å². The van der Waals surface area contributed by atoms with Crippen LogP contribution in [-0.4, -0.2) is 15.0 Å². The van der Waals surface area contributed by atoms with E-state index in [0.717, 1.165) is 26.8 Å². The van der Waals surface area contributed by atoms with E-state index >= 15 is 0 Å². The van der Waals surface area contributed by atoms with Crippen LogP contribution in [-0.2, 0) is 11.3 Å². The fraction of sp³-hybridized carbons (Fsp3) is 0.192. The standard InChI is InChI=1S/C26H25N3O3/c1-16-9-10-19(4)22(14-16)27-24(30)15-28-23-8-6-5-7-21(23)25(31)29(26(28)32)20-12-17(2)11-18(3)13-20/h5-14H,15H2,1-4H3,(H,27,30). The van der Waals surface area contributed by atoms with Crippen LogP contribution in [0, 0.1) is 27.7 Å². The van der Waals surface area contributed by atoms with Gasteiger partial charge in [0, 0.05) is 5.69 Å². The Kier molecular flexibility index (Phi) is 5.53. The summed E-state index contributed by atoms with van der Waals surface area (Å²) in [5, 5.41) is 3.28. The Hall–Kier alpha value is -3.93. The van der Waals surface area contributed by atoms with Crippen molar-refractivity contribution >= 4 is 22.5 Å². The second-order valence-electron chi connectivity index (χ2n) is 8.24. The average Bonchev–Trinajstić information content (AvgIpc) is 2.73. The molecule has 0 bridgehead atoms. The molecule has 3 aromatic carbocycles. The summed E-state index contributed by atoms with van der Waals surface area (Å²) in [4.78, 5) is 39.6. The Balaban J connectivity index is 1.86. The Morgan fingerprint density at radius 3 is 2.25 bits per heavy atom. The molecule has 1 N–H and O–H groups in total. The first kappa shape index (κ1) is 21.3. The molecule has 4 aromatic rings. The molecule has 6 nitrogen and oxygen atoms in total. The lowest BCUT2D eigenvalue weighted by Crippen LogP contribution is -2.41. The molecular weight excluding hydrogens is 402 g/mol. The average molecular weight is 428 g/mol. The van der Waals surface area contributed by atoms with E-state index in [-0.39, 0.29) is 12.5 Å². The molecule has 0 atom stereocenters. The summed E-state index contributed by atoms with van der Waals surface area (Å²) >= 11 is 0. The number of amides is 1. The molecule has 0 saturated heterocycles. The number of anilines is 1. The maximum atomic E-state index is 13.5. The van der Waals surface area contributed by atoms with Gasteiger partial charge < -0.3 is 5.32 Å². The maximum absolute atomic E-state index is 13.5. The van der Waals surface area contributed by atoms with E-state index in [1.54, 1.807) is 36.4 Å². The third kappa shape index (κ3) is 3.99. The molecular formula is C26H25N3O3. The zero-order valence-corrected chi connectivity index (χ0v) is 18.6. The smallest absolute Gasteiger partial charge is 0.324 e. The fourth-order valence-electron chi connectivity index (χ4n) is 3.99. The van der Waals surface area contributed by atoms with Crippen molar-refractivity contribution < 1.29 is 4.79 Å². The quantitative estimate of drug-likeness (QED) is 0.535. The number of fused-ring (bicyclic) bond motifs is 1. The molecule has 1 amide bonds. The van der Waals surface area contributed by atoms with Crippen molar-refractivity contribution in [2.75, 3.05) is 5.32 Å². The minimum atomic E-state index is -0.546. The Bertz CT molecular complexity index is 1460. The number of nitrogens with zero attached hydrogens (tertiary/aromatic N) is 2. The number of aryl methyl sites for hydroxylation is 4. The number of carbonyl (C=O) groups is 1. The minimum absolute atomic E-state index is 0.211. The van der Waals surface area contributed by atoms with Gasteiger partial charge in [-0.3, -0.25) is 14.2 Å². The maximum Gasteiger partial charge on any atom is 0.336 e. The summed E-state index contributed by atoms with van der Waals surface area (Å²) in [6.45, 7) is 7.49. The van der Waals surface area contributed by atoms with Crippen molar-refractivity contribution in [1.29, 1.82) is 0 Å². The second kappa shape index (κ2) is 8.30. The number of para-hydroxylation sites is 1. The molecule has 0 aliphatic heterocycles. The molecule has 6 heteroatoms. The highest BCUT2D eigenvalue weighted by Crippen LogP contribution is 2.17. The largest absolute Gasteiger partial charge is 0.336 e. The number of benzene rings is 3. The monoisotopic (exact) mass is 427 g/mol. The number of hydrogen-bond acceptors (Lipinski definition) is 3. The minimum Gasteiger partial charge on any atom is -0.324 e. The van der Waals surface area contributed by atoms with Crippen LogP contribution >= 0.6 is 0 Å². The SMILES string of the molecule is Cc1cc(C)cc(-n2c(=O)c3ccccc3n(CC(=O)Nc3cc(C)ccc3C)c2=O)c1. The Labute approximate surface area is 185 Å². The van der Waals surface area contributed by atoms with Crippen molar-refractivity contribution in [2.45, 2.75) is 34.2 Å². The van der Waals surface area contributed by atoms with Crippen molar-refractivity contribution in [1.82, 2.24) is 9.13 Å². The zero-order valence-electron chi connectivity index (χ0n) is 18.6. The lowest BCUT2D eigenvalue weighted by Gasteiger charge is -2.15. The Morgan fingerprint density at radius 2 is 1.53 bits per heavy atom. The fourth-order valence-corrected chi connectivity index (χ4v) is 3.99. The molecule has 0 aliphatic carbocycles. The molecule has 4 rings (SSSR count). The highest BCUT2D eigenvalue weighted by Gasteiger charge is 2.17. The van der Waals surface area contributed by atoms with Gasteiger partial charge in [0.15, 0.2) is 0 Å². The highest BCUT2D eigenvalue weighted by atomic mass is 16.2. The number of carbonyl (C=O) groups excluding carboxylic acids is 1. The van der Waals surface area contributed by atoms with Gasteiger partial charge in [0.25, 0.3) is 5.56 Å². The first-order valence-electron chi connectivity index (χ1n) is 10.4. The zero-order chi connectivity index (χ0) is 23.0. The molecule has 0 unspecified atom stereocenters. The summed E-state index contributed by atoms with van der Waals surface area (Å²) in [5.41, 5.74) is 4.52. The van der Waals surface area contributed by atoms with Crippen LogP contribution in [0.3, 0.4) is 0 Å². The van der Waals surface area contributed by atoms with Crippen LogP contribution in [0.25, 0.3) is 16.6 Å². The van der Waals surface area contributed by atoms with Gasteiger partial charge >= 0.3 is 5.69 Å². The van der Waals surface area contributed by atoms with E-state index in [2.05, 4.69) is 5.32 Å². The molecule has 0 fully saturated rings. The lowest BCUT2D eigenvalue weighted by atomic mass is 10.1. The van der Waals surface area contributed by atoms with E-state index in [1.807, 2.05) is 52.0 Å². The molecule has 1 heterocycles. The first-order valence-corrected chi connectivity index (χ1v) is 10.4. The number of rotatable bonds is 4. The van der Waals surface area contributed by atoms with Gasteiger partial charge in [-0.1, -0.05) is 30.3 Å². The number of hydrogen-bond donors (Lipinski definition) is 1. The molecule has 0 radical (unpaired) electrons. The van der Waals surface area contributed by atoms with Gasteiger partial charge in [-0.25, -0.2) is 9.36 Å². The third-order valence-electron chi connectivity index (χ3n) is 5.48. The van der Waals surface area contributed by atoms with Gasteiger partial charge in [-0.15, -0.1) is 0 Å². The molecule has 1 aromatic heterocycles. The predicted octanol–water partition coefficient (Wildman–Crippen LogP) is 4.02. The summed E-state index contributed by atoms with van der Waals surface area (Å²) in [5.74, 6) is -0.337.